The van der Waals surface area contributed by atoms with E-state index in [0.29, 0.717) is 18.3 Å². The first-order valence-corrected chi connectivity index (χ1v) is 12.5. The van der Waals surface area contributed by atoms with Gasteiger partial charge in [0.1, 0.15) is 0 Å². The zero-order valence-corrected chi connectivity index (χ0v) is 18.3. The van der Waals surface area contributed by atoms with Crippen LogP contribution < -0.4 is 5.32 Å². The molecule has 5 heteroatoms. The van der Waals surface area contributed by atoms with Gasteiger partial charge in [-0.1, -0.05) is 0 Å². The van der Waals surface area contributed by atoms with Gasteiger partial charge in [0.05, 0.1) is 12.0 Å². The average Bonchev–Trinajstić information content (AvgIpc) is 2.57. The molecule has 166 valence electrons. The first kappa shape index (κ1) is 19.6. The lowest BCUT2D eigenvalue weighted by molar-refractivity contribution is -0.180. The number of nitrogens with one attached hydrogen (secondary N) is 1. The number of carbonyl (C=O) groups excluding carboxylic acids is 2. The van der Waals surface area contributed by atoms with Gasteiger partial charge in [-0.05, 0) is 119 Å². The maximum absolute atomic E-state index is 12.9. The fraction of sp³-hybridized carbons (Fsp3) is 0.920. The van der Waals surface area contributed by atoms with Crippen LogP contribution in [0.25, 0.3) is 0 Å². The molecule has 5 nitrogen and oxygen atoms in total. The maximum Gasteiger partial charge on any atom is 0.307 e. The molecular formula is C25H37NO4. The van der Waals surface area contributed by atoms with E-state index in [0.717, 1.165) is 69.1 Å². The standard InChI is InChI=1S/C25H37NO4/c1-15(22(28)26-24-8-16-2-17(9-24)4-18(3-16)10-24)30-21(27)13-23-6-19-5-20(7-23)12-25(29,11-19)14-23/h15-20,29H,2-14H2,1H3,(H,26,28)/t15-,16?,17?,18?,19-,20+,23?,24?,25?/m0/s1. The van der Waals surface area contributed by atoms with Crippen molar-refractivity contribution in [2.45, 2.75) is 108 Å². The van der Waals surface area contributed by atoms with Crippen LogP contribution in [-0.4, -0.2) is 34.2 Å². The van der Waals surface area contributed by atoms with Crippen LogP contribution in [0.4, 0.5) is 0 Å². The van der Waals surface area contributed by atoms with Crippen molar-refractivity contribution in [2.24, 2.45) is 35.0 Å². The number of esters is 1. The molecule has 0 spiro atoms. The van der Waals surface area contributed by atoms with Crippen LogP contribution in [0.5, 0.6) is 0 Å². The van der Waals surface area contributed by atoms with E-state index in [4.69, 9.17) is 4.74 Å². The highest BCUT2D eigenvalue weighted by Crippen LogP contribution is 2.63. The van der Waals surface area contributed by atoms with E-state index in [-0.39, 0.29) is 22.8 Å². The lowest BCUT2D eigenvalue weighted by atomic mass is 9.47. The predicted octanol–water partition coefficient (Wildman–Crippen LogP) is 3.72. The molecule has 0 radical (unpaired) electrons. The monoisotopic (exact) mass is 415 g/mol. The van der Waals surface area contributed by atoms with E-state index in [9.17, 15) is 14.7 Å². The highest BCUT2D eigenvalue weighted by Gasteiger charge is 2.58. The maximum atomic E-state index is 12.9. The topological polar surface area (TPSA) is 75.6 Å². The molecule has 8 rings (SSSR count). The molecule has 8 saturated carbocycles. The van der Waals surface area contributed by atoms with Gasteiger partial charge in [-0.25, -0.2) is 0 Å². The fourth-order valence-corrected chi connectivity index (χ4v) is 9.83. The summed E-state index contributed by atoms with van der Waals surface area (Å²) in [5.74, 6) is 3.06. The molecule has 30 heavy (non-hydrogen) atoms. The number of hydrogen-bond donors (Lipinski definition) is 2. The Morgan fingerprint density at radius 2 is 1.43 bits per heavy atom. The number of ether oxygens (including phenoxy) is 1. The number of carbonyl (C=O) groups is 2. The number of rotatable bonds is 5. The van der Waals surface area contributed by atoms with Crippen molar-refractivity contribution >= 4 is 11.9 Å². The van der Waals surface area contributed by atoms with Crippen molar-refractivity contribution in [1.29, 1.82) is 0 Å². The van der Waals surface area contributed by atoms with Crippen LogP contribution in [0.3, 0.4) is 0 Å². The molecule has 0 aromatic heterocycles. The van der Waals surface area contributed by atoms with Crippen molar-refractivity contribution in [2.75, 3.05) is 0 Å². The molecule has 0 saturated heterocycles. The lowest BCUT2D eigenvalue weighted by Crippen LogP contribution is -2.61. The molecule has 1 amide bonds. The van der Waals surface area contributed by atoms with E-state index in [1.54, 1.807) is 6.92 Å². The second kappa shape index (κ2) is 6.46. The Labute approximate surface area is 179 Å². The summed E-state index contributed by atoms with van der Waals surface area (Å²) < 4.78 is 5.67. The second-order valence-corrected chi connectivity index (χ2v) is 12.7. The molecule has 8 aliphatic carbocycles. The summed E-state index contributed by atoms with van der Waals surface area (Å²) in [5.41, 5.74) is -0.715. The molecule has 0 aromatic carbocycles. The fourth-order valence-electron chi connectivity index (χ4n) is 9.83. The third-order valence-electron chi connectivity index (χ3n) is 9.77. The molecule has 0 aromatic rings. The van der Waals surface area contributed by atoms with E-state index < -0.39 is 11.7 Å². The van der Waals surface area contributed by atoms with Crippen molar-refractivity contribution in [3.8, 4) is 0 Å². The van der Waals surface area contributed by atoms with Gasteiger partial charge in [0.15, 0.2) is 6.10 Å². The third-order valence-corrected chi connectivity index (χ3v) is 9.77. The van der Waals surface area contributed by atoms with Crippen molar-refractivity contribution in [3.63, 3.8) is 0 Å². The van der Waals surface area contributed by atoms with Gasteiger partial charge in [0.2, 0.25) is 0 Å². The normalized spacial score (nSPS) is 51.1. The largest absolute Gasteiger partial charge is 0.453 e. The Hall–Kier alpha value is -1.10. The molecule has 8 bridgehead atoms. The summed E-state index contributed by atoms with van der Waals surface area (Å²) in [5, 5.41) is 14.3. The Balaban J connectivity index is 1.07. The Morgan fingerprint density at radius 3 is 1.97 bits per heavy atom. The van der Waals surface area contributed by atoms with E-state index >= 15 is 0 Å². The summed E-state index contributed by atoms with van der Waals surface area (Å²) in [4.78, 5) is 25.8. The highest BCUT2D eigenvalue weighted by molar-refractivity contribution is 5.84. The zero-order valence-electron chi connectivity index (χ0n) is 18.3. The van der Waals surface area contributed by atoms with Crippen LogP contribution in [0.2, 0.25) is 0 Å². The van der Waals surface area contributed by atoms with Gasteiger partial charge in [-0.3, -0.25) is 9.59 Å². The first-order chi connectivity index (χ1) is 14.2. The van der Waals surface area contributed by atoms with Crippen LogP contribution in [0, 0.1) is 35.0 Å². The number of hydrogen-bond acceptors (Lipinski definition) is 4. The molecule has 8 aliphatic rings. The molecule has 0 heterocycles. The Morgan fingerprint density at radius 1 is 0.900 bits per heavy atom. The quantitative estimate of drug-likeness (QED) is 0.671. The van der Waals surface area contributed by atoms with Gasteiger partial charge in [0.25, 0.3) is 5.91 Å². The van der Waals surface area contributed by atoms with E-state index in [1.165, 1.54) is 25.7 Å². The summed E-state index contributed by atoms with van der Waals surface area (Å²) >= 11 is 0. The molecule has 0 aliphatic heterocycles. The average molecular weight is 416 g/mol. The number of amides is 1. The number of aliphatic hydroxyl groups is 1. The van der Waals surface area contributed by atoms with Crippen molar-refractivity contribution in [1.82, 2.24) is 5.32 Å². The van der Waals surface area contributed by atoms with E-state index in [2.05, 4.69) is 5.32 Å². The molecule has 5 atom stereocenters. The third kappa shape index (κ3) is 3.30. The minimum absolute atomic E-state index is 0.0459. The Bertz CT molecular complexity index is 711. The molecule has 2 unspecified atom stereocenters. The molecule has 8 fully saturated rings. The molecule has 2 N–H and O–H groups in total. The van der Waals surface area contributed by atoms with Gasteiger partial charge < -0.3 is 15.2 Å². The zero-order chi connectivity index (χ0) is 20.7. The van der Waals surface area contributed by atoms with Gasteiger partial charge in [0, 0.05) is 5.54 Å². The molecular weight excluding hydrogens is 378 g/mol. The van der Waals surface area contributed by atoms with Crippen LogP contribution >= 0.6 is 0 Å². The van der Waals surface area contributed by atoms with Crippen molar-refractivity contribution < 1.29 is 19.4 Å². The summed E-state index contributed by atoms with van der Waals surface area (Å²) in [7, 11) is 0. The minimum Gasteiger partial charge on any atom is -0.453 e. The van der Waals surface area contributed by atoms with Crippen LogP contribution in [0.15, 0.2) is 0 Å². The summed E-state index contributed by atoms with van der Waals surface area (Å²) in [6.07, 6.45) is 12.8. The van der Waals surface area contributed by atoms with Gasteiger partial charge in [-0.2, -0.15) is 0 Å². The minimum atomic E-state index is -0.734. The van der Waals surface area contributed by atoms with Crippen molar-refractivity contribution in [3.05, 3.63) is 0 Å². The van der Waals surface area contributed by atoms with Gasteiger partial charge in [-0.15, -0.1) is 0 Å². The van der Waals surface area contributed by atoms with Gasteiger partial charge >= 0.3 is 5.97 Å². The van der Waals surface area contributed by atoms with Crippen LogP contribution in [-0.2, 0) is 14.3 Å². The smallest absolute Gasteiger partial charge is 0.307 e. The second-order valence-electron chi connectivity index (χ2n) is 12.7. The first-order valence-electron chi connectivity index (χ1n) is 12.5. The highest BCUT2D eigenvalue weighted by atomic mass is 16.5. The Kier molecular flexibility index (Phi) is 4.22. The summed E-state index contributed by atoms with van der Waals surface area (Å²) in [6.45, 7) is 1.72. The SMILES string of the molecule is C[C@H](OC(=O)CC12C[C@@H]3C[C@@H](CC(O)(C3)C1)C2)C(=O)NC12CC3CC(CC(C3)C1)C2. The summed E-state index contributed by atoms with van der Waals surface area (Å²) in [6, 6.07) is 0. The predicted molar refractivity (Wildman–Crippen MR) is 111 cm³/mol. The van der Waals surface area contributed by atoms with Crippen LogP contribution in [0.1, 0.15) is 90.4 Å². The lowest BCUT2D eigenvalue weighted by Gasteiger charge is -2.60. The van der Waals surface area contributed by atoms with E-state index in [1.807, 2.05) is 0 Å².